The van der Waals surface area contributed by atoms with E-state index in [4.69, 9.17) is 16.3 Å². The van der Waals surface area contributed by atoms with Gasteiger partial charge in [0.25, 0.3) is 11.1 Å². The molecule has 0 radical (unpaired) electrons. The number of hydrogen-bond acceptors (Lipinski definition) is 6. The fraction of sp³-hybridized carbons (Fsp3) is 0.250. The fourth-order valence-corrected chi connectivity index (χ4v) is 7.06. The molecule has 2 fully saturated rings. The van der Waals surface area contributed by atoms with Gasteiger partial charge >= 0.3 is 5.97 Å². The van der Waals surface area contributed by atoms with E-state index in [-0.39, 0.29) is 11.1 Å². The van der Waals surface area contributed by atoms with Crippen LogP contribution in [0.1, 0.15) is 34.2 Å². The van der Waals surface area contributed by atoms with Crippen molar-refractivity contribution in [2.24, 2.45) is 0 Å². The Morgan fingerprint density at radius 3 is 2.19 bits per heavy atom. The monoisotopic (exact) mass is 520 g/mol. The molecule has 0 bridgehead atoms. The summed E-state index contributed by atoms with van der Waals surface area (Å²) >= 11 is 7.14. The molecular weight excluding hydrogens is 496 g/mol. The summed E-state index contributed by atoms with van der Waals surface area (Å²) in [4.78, 5) is 42.7. The van der Waals surface area contributed by atoms with Crippen molar-refractivity contribution in [2.75, 3.05) is 12.0 Å². The van der Waals surface area contributed by atoms with Gasteiger partial charge in [0.2, 0.25) is 0 Å². The van der Waals surface area contributed by atoms with Crippen molar-refractivity contribution in [3.63, 3.8) is 0 Å². The van der Waals surface area contributed by atoms with E-state index in [1.165, 1.54) is 12.0 Å². The van der Waals surface area contributed by atoms with Crippen molar-refractivity contribution in [3.05, 3.63) is 100 Å². The molecule has 1 spiro atoms. The van der Waals surface area contributed by atoms with Crippen LogP contribution in [0.25, 0.3) is 0 Å². The number of nitrogens with one attached hydrogen (secondary N) is 1. The summed E-state index contributed by atoms with van der Waals surface area (Å²) < 4.78 is 3.83. The van der Waals surface area contributed by atoms with Gasteiger partial charge in [-0.3, -0.25) is 19.7 Å². The topological polar surface area (TPSA) is 75.7 Å². The number of amides is 2. The number of halogens is 1. The maximum atomic E-state index is 14.6. The third kappa shape index (κ3) is 3.74. The average Bonchev–Trinajstić information content (AvgIpc) is 3.34. The molecule has 3 aromatic carbocycles. The van der Waals surface area contributed by atoms with Crippen molar-refractivity contribution in [3.8, 4) is 0 Å². The number of para-hydroxylation sites is 1. The van der Waals surface area contributed by atoms with Crippen LogP contribution in [0.4, 0.5) is 10.5 Å². The number of imide groups is 1. The highest BCUT2D eigenvalue weighted by molar-refractivity contribution is 8.16. The molecule has 0 unspecified atom stereocenters. The summed E-state index contributed by atoms with van der Waals surface area (Å²) in [6.45, 7) is 3.77. The molecule has 1 N–H and O–H groups in total. The van der Waals surface area contributed by atoms with Gasteiger partial charge in [-0.2, -0.15) is 0 Å². The van der Waals surface area contributed by atoms with E-state index >= 15 is 0 Å². The number of methoxy groups -OCH3 is 1. The number of rotatable bonds is 4. The first-order valence-corrected chi connectivity index (χ1v) is 12.8. The molecule has 2 saturated heterocycles. The number of hydrogen-bond donors (Lipinski definition) is 1. The zero-order valence-corrected chi connectivity index (χ0v) is 21.6. The number of aryl methyl sites for hydroxylation is 2. The van der Waals surface area contributed by atoms with Gasteiger partial charge in [0.15, 0.2) is 0 Å². The number of nitrogens with zero attached hydrogens (tertiary/aromatic N) is 1. The van der Waals surface area contributed by atoms with E-state index in [9.17, 15) is 14.4 Å². The van der Waals surface area contributed by atoms with Crippen molar-refractivity contribution in [1.29, 1.82) is 0 Å². The highest BCUT2D eigenvalue weighted by Crippen LogP contribution is 2.60. The lowest BCUT2D eigenvalue weighted by Crippen LogP contribution is -2.47. The summed E-state index contributed by atoms with van der Waals surface area (Å²) in [6.07, 6.45) is 0. The molecule has 2 heterocycles. The molecule has 2 amide bonds. The number of esters is 1. The molecule has 4 atom stereocenters. The van der Waals surface area contributed by atoms with Gasteiger partial charge in [-0.1, -0.05) is 72.3 Å². The van der Waals surface area contributed by atoms with Crippen LogP contribution in [-0.4, -0.2) is 35.0 Å². The van der Waals surface area contributed by atoms with Crippen LogP contribution in [-0.2, 0) is 14.3 Å². The molecule has 3 aromatic rings. The first kappa shape index (κ1) is 24.6. The molecule has 0 aromatic heterocycles. The number of carbonyl (C=O) groups is 3. The SMILES string of the molecule is COC(=O)[C@@H]1N[C@H](c2ccc(Cl)cc2)[C@@]2(SC(=O)N(c3c(C)cccc3C)C2=O)[C@H]1c1ccccc1. The van der Waals surface area contributed by atoms with Crippen molar-refractivity contribution >= 4 is 46.2 Å². The maximum Gasteiger partial charge on any atom is 0.323 e. The number of ether oxygens (including phenoxy) is 1. The van der Waals surface area contributed by atoms with E-state index in [0.717, 1.165) is 34.0 Å². The summed E-state index contributed by atoms with van der Waals surface area (Å²) in [7, 11) is 1.33. The Labute approximate surface area is 219 Å². The van der Waals surface area contributed by atoms with E-state index < -0.39 is 28.7 Å². The summed E-state index contributed by atoms with van der Waals surface area (Å²) in [5.41, 5.74) is 3.76. The smallest absolute Gasteiger partial charge is 0.323 e. The van der Waals surface area contributed by atoms with Crippen molar-refractivity contribution < 1.29 is 19.1 Å². The van der Waals surface area contributed by atoms with Crippen LogP contribution < -0.4 is 10.2 Å². The second kappa shape index (κ2) is 9.39. The van der Waals surface area contributed by atoms with E-state index in [1.807, 2.05) is 74.5 Å². The van der Waals surface area contributed by atoms with E-state index in [2.05, 4.69) is 5.32 Å². The van der Waals surface area contributed by atoms with Crippen LogP contribution in [0.5, 0.6) is 0 Å². The Balaban J connectivity index is 1.75. The predicted octanol–water partition coefficient (Wildman–Crippen LogP) is 5.57. The van der Waals surface area contributed by atoms with Crippen LogP contribution in [0, 0.1) is 13.8 Å². The quantitative estimate of drug-likeness (QED) is 0.453. The van der Waals surface area contributed by atoms with E-state index in [1.54, 1.807) is 12.1 Å². The summed E-state index contributed by atoms with van der Waals surface area (Å²) in [6, 6.07) is 20.7. The third-order valence-corrected chi connectivity index (χ3v) is 8.64. The minimum absolute atomic E-state index is 0.359. The van der Waals surface area contributed by atoms with Crippen LogP contribution in [0.15, 0.2) is 72.8 Å². The third-order valence-electron chi connectivity index (χ3n) is 7.03. The van der Waals surface area contributed by atoms with Crippen molar-refractivity contribution in [1.82, 2.24) is 5.32 Å². The molecular formula is C28H25ClN2O4S. The zero-order chi connectivity index (χ0) is 25.6. The molecule has 0 aliphatic carbocycles. The molecule has 0 saturated carbocycles. The Bertz CT molecular complexity index is 1330. The Hall–Kier alpha value is -3.13. The Kier molecular flexibility index (Phi) is 6.41. The zero-order valence-electron chi connectivity index (χ0n) is 20.0. The average molecular weight is 521 g/mol. The standard InChI is InChI=1S/C28H25ClN2O4S/c1-16-8-7-9-17(2)23(16)31-26(33)28(36-27(31)34)21(18-10-5-4-6-11-18)22(25(32)35-3)30-24(28)19-12-14-20(29)15-13-19/h4-15,21-22,24,30H,1-3H3/t21-,22+,24+,28-/m0/s1. The van der Waals surface area contributed by atoms with Crippen LogP contribution in [0.2, 0.25) is 5.02 Å². The summed E-state index contributed by atoms with van der Waals surface area (Å²) in [5.74, 6) is -1.52. The van der Waals surface area contributed by atoms with Crippen LogP contribution in [0.3, 0.4) is 0 Å². The molecule has 2 aliphatic rings. The number of anilines is 1. The number of thioether (sulfide) groups is 1. The summed E-state index contributed by atoms with van der Waals surface area (Å²) in [5, 5.41) is 3.55. The lowest BCUT2D eigenvalue weighted by molar-refractivity contribution is -0.143. The van der Waals surface area contributed by atoms with E-state index in [0.29, 0.717) is 10.7 Å². The second-order valence-corrected chi connectivity index (χ2v) is 10.7. The van der Waals surface area contributed by atoms with Gasteiger partial charge in [-0.25, -0.2) is 4.90 Å². The fourth-order valence-electron chi connectivity index (χ4n) is 5.48. The molecule has 184 valence electrons. The molecule has 2 aliphatic heterocycles. The van der Waals surface area contributed by atoms with Crippen molar-refractivity contribution in [2.45, 2.75) is 36.6 Å². The second-order valence-electron chi connectivity index (χ2n) is 9.08. The lowest BCUT2D eigenvalue weighted by atomic mass is 9.78. The number of carbonyl (C=O) groups excluding carboxylic acids is 3. The molecule has 36 heavy (non-hydrogen) atoms. The predicted molar refractivity (Wildman–Crippen MR) is 141 cm³/mol. The maximum absolute atomic E-state index is 14.6. The van der Waals surface area contributed by atoms with Gasteiger partial charge in [0, 0.05) is 10.9 Å². The first-order valence-electron chi connectivity index (χ1n) is 11.6. The Morgan fingerprint density at radius 1 is 0.944 bits per heavy atom. The molecule has 8 heteroatoms. The largest absolute Gasteiger partial charge is 0.468 e. The Morgan fingerprint density at radius 2 is 1.58 bits per heavy atom. The van der Waals surface area contributed by atoms with Gasteiger partial charge in [0.1, 0.15) is 10.8 Å². The normalized spacial score (nSPS) is 25.6. The van der Waals surface area contributed by atoms with Gasteiger partial charge in [0.05, 0.1) is 18.8 Å². The first-order chi connectivity index (χ1) is 17.3. The highest BCUT2D eigenvalue weighted by Gasteiger charge is 2.69. The molecule has 6 nitrogen and oxygen atoms in total. The number of benzene rings is 3. The highest BCUT2D eigenvalue weighted by atomic mass is 35.5. The van der Waals surface area contributed by atoms with Gasteiger partial charge in [-0.15, -0.1) is 0 Å². The minimum atomic E-state index is -1.33. The lowest BCUT2D eigenvalue weighted by Gasteiger charge is -2.33. The van der Waals surface area contributed by atoms with Crippen LogP contribution >= 0.6 is 23.4 Å². The minimum Gasteiger partial charge on any atom is -0.468 e. The van der Waals surface area contributed by atoms with Gasteiger partial charge in [-0.05, 0) is 60.0 Å². The molecule has 5 rings (SSSR count). The van der Waals surface area contributed by atoms with Gasteiger partial charge < -0.3 is 4.74 Å².